The van der Waals surface area contributed by atoms with Crippen LogP contribution >= 0.6 is 0 Å². The molecule has 0 atom stereocenters. The first kappa shape index (κ1) is 17.3. The Morgan fingerprint density at radius 1 is 0.913 bits per heavy atom. The fourth-order valence-corrected chi connectivity index (χ4v) is 2.61. The van der Waals surface area contributed by atoms with E-state index in [1.165, 1.54) is 54.4 Å². The van der Waals surface area contributed by atoms with Crippen molar-refractivity contribution in [3.8, 4) is 0 Å². The SMILES string of the molecule is C=C(/C=C\c1ccc(C)cc1)c1ccc(CCCCCC)cc1. The Bertz CT molecular complexity index is 627. The Labute approximate surface area is 141 Å². The van der Waals surface area contributed by atoms with E-state index in [4.69, 9.17) is 0 Å². The Morgan fingerprint density at radius 3 is 2.26 bits per heavy atom. The van der Waals surface area contributed by atoms with Crippen LogP contribution in [0, 0.1) is 6.92 Å². The van der Waals surface area contributed by atoms with Gasteiger partial charge in [-0.05, 0) is 42.0 Å². The first-order chi connectivity index (χ1) is 11.2. The zero-order chi connectivity index (χ0) is 16.5. The summed E-state index contributed by atoms with van der Waals surface area (Å²) in [6, 6.07) is 17.4. The number of aryl methyl sites for hydroxylation is 2. The average molecular weight is 304 g/mol. The summed E-state index contributed by atoms with van der Waals surface area (Å²) < 4.78 is 0. The summed E-state index contributed by atoms with van der Waals surface area (Å²) in [4.78, 5) is 0. The van der Waals surface area contributed by atoms with Crippen LogP contribution < -0.4 is 0 Å². The molecule has 0 N–H and O–H groups in total. The third-order valence-corrected chi connectivity index (χ3v) is 4.20. The van der Waals surface area contributed by atoms with Crippen LogP contribution in [0.3, 0.4) is 0 Å². The Morgan fingerprint density at radius 2 is 1.61 bits per heavy atom. The van der Waals surface area contributed by atoms with Gasteiger partial charge >= 0.3 is 0 Å². The fourth-order valence-electron chi connectivity index (χ4n) is 2.61. The summed E-state index contributed by atoms with van der Waals surface area (Å²) in [6.45, 7) is 8.55. The summed E-state index contributed by atoms with van der Waals surface area (Å²) in [7, 11) is 0. The molecule has 0 radical (unpaired) electrons. The van der Waals surface area contributed by atoms with E-state index in [1.54, 1.807) is 0 Å². The molecule has 0 unspecified atom stereocenters. The second kappa shape index (κ2) is 9.15. The zero-order valence-corrected chi connectivity index (χ0v) is 14.5. The van der Waals surface area contributed by atoms with Gasteiger partial charge in [-0.25, -0.2) is 0 Å². The molecule has 0 aliphatic carbocycles. The highest BCUT2D eigenvalue weighted by atomic mass is 14.0. The number of benzene rings is 2. The van der Waals surface area contributed by atoms with Crippen LogP contribution in [-0.2, 0) is 6.42 Å². The lowest BCUT2D eigenvalue weighted by Crippen LogP contribution is -1.87. The summed E-state index contributed by atoms with van der Waals surface area (Å²) in [5, 5.41) is 0. The van der Waals surface area contributed by atoms with Crippen molar-refractivity contribution >= 4 is 11.6 Å². The Kier molecular flexibility index (Phi) is 6.87. The van der Waals surface area contributed by atoms with Crippen molar-refractivity contribution in [2.24, 2.45) is 0 Å². The van der Waals surface area contributed by atoms with Crippen molar-refractivity contribution in [2.45, 2.75) is 46.0 Å². The van der Waals surface area contributed by atoms with Crippen LogP contribution in [0.25, 0.3) is 11.6 Å². The first-order valence-corrected chi connectivity index (χ1v) is 8.72. The highest BCUT2D eigenvalue weighted by Crippen LogP contribution is 2.18. The lowest BCUT2D eigenvalue weighted by molar-refractivity contribution is 0.667. The van der Waals surface area contributed by atoms with Gasteiger partial charge in [0.25, 0.3) is 0 Å². The third kappa shape index (κ3) is 5.90. The molecule has 120 valence electrons. The third-order valence-electron chi connectivity index (χ3n) is 4.20. The molecule has 0 aliphatic heterocycles. The standard InChI is InChI=1S/C23H28/c1-4-5-6-7-8-21-15-17-23(18-16-21)20(3)11-14-22-12-9-19(2)10-13-22/h9-18H,3-8H2,1-2H3/b14-11-. The number of allylic oxidation sites excluding steroid dienone is 2. The van der Waals surface area contributed by atoms with Gasteiger partial charge in [0.1, 0.15) is 0 Å². The highest BCUT2D eigenvalue weighted by Gasteiger charge is 1.98. The van der Waals surface area contributed by atoms with Gasteiger partial charge in [0.2, 0.25) is 0 Å². The van der Waals surface area contributed by atoms with Crippen LogP contribution in [0.5, 0.6) is 0 Å². The normalized spacial score (nSPS) is 11.0. The molecule has 0 spiro atoms. The molecule has 0 amide bonds. The van der Waals surface area contributed by atoms with Crippen LogP contribution in [0.1, 0.15) is 54.9 Å². The predicted molar refractivity (Wildman–Crippen MR) is 104 cm³/mol. The molecule has 0 saturated carbocycles. The quantitative estimate of drug-likeness (QED) is 0.370. The van der Waals surface area contributed by atoms with E-state index < -0.39 is 0 Å². The second-order valence-corrected chi connectivity index (χ2v) is 6.28. The molecule has 0 heteroatoms. The molecule has 0 saturated heterocycles. The van der Waals surface area contributed by atoms with E-state index in [0.717, 1.165) is 5.57 Å². The van der Waals surface area contributed by atoms with Gasteiger partial charge in [-0.15, -0.1) is 0 Å². The maximum absolute atomic E-state index is 4.19. The topological polar surface area (TPSA) is 0 Å². The summed E-state index contributed by atoms with van der Waals surface area (Å²) in [5.41, 5.74) is 6.19. The Balaban J connectivity index is 1.90. The largest absolute Gasteiger partial charge is 0.0912 e. The van der Waals surface area contributed by atoms with Crippen LogP contribution in [0.4, 0.5) is 0 Å². The van der Waals surface area contributed by atoms with Crippen molar-refractivity contribution < 1.29 is 0 Å². The van der Waals surface area contributed by atoms with Gasteiger partial charge in [-0.2, -0.15) is 0 Å². The van der Waals surface area contributed by atoms with Crippen molar-refractivity contribution in [3.63, 3.8) is 0 Å². The molecule has 2 aromatic rings. The summed E-state index contributed by atoms with van der Waals surface area (Å²) in [6.07, 6.45) is 10.7. The number of rotatable bonds is 8. The van der Waals surface area contributed by atoms with Crippen molar-refractivity contribution in [1.82, 2.24) is 0 Å². The van der Waals surface area contributed by atoms with Gasteiger partial charge in [0.05, 0.1) is 0 Å². The lowest BCUT2D eigenvalue weighted by Gasteiger charge is -2.05. The maximum atomic E-state index is 4.19. The van der Waals surface area contributed by atoms with Crippen molar-refractivity contribution in [2.75, 3.05) is 0 Å². The highest BCUT2D eigenvalue weighted by molar-refractivity contribution is 5.77. The first-order valence-electron chi connectivity index (χ1n) is 8.72. The van der Waals surface area contributed by atoms with E-state index >= 15 is 0 Å². The van der Waals surface area contributed by atoms with Gasteiger partial charge < -0.3 is 0 Å². The van der Waals surface area contributed by atoms with Gasteiger partial charge in [-0.3, -0.25) is 0 Å². The Hall–Kier alpha value is -2.08. The summed E-state index contributed by atoms with van der Waals surface area (Å²) >= 11 is 0. The molecule has 0 aliphatic rings. The maximum Gasteiger partial charge on any atom is -0.0190 e. The van der Waals surface area contributed by atoms with Gasteiger partial charge in [0.15, 0.2) is 0 Å². The van der Waals surface area contributed by atoms with E-state index in [1.807, 2.05) is 0 Å². The van der Waals surface area contributed by atoms with E-state index in [-0.39, 0.29) is 0 Å². The molecular formula is C23H28. The molecule has 23 heavy (non-hydrogen) atoms. The molecule has 2 aromatic carbocycles. The molecule has 0 nitrogen and oxygen atoms in total. The van der Waals surface area contributed by atoms with Crippen LogP contribution in [0.15, 0.2) is 61.2 Å². The van der Waals surface area contributed by atoms with Crippen LogP contribution in [0.2, 0.25) is 0 Å². The molecule has 0 bridgehead atoms. The van der Waals surface area contributed by atoms with Gasteiger partial charge in [-0.1, -0.05) is 99.0 Å². The van der Waals surface area contributed by atoms with Gasteiger partial charge in [0, 0.05) is 0 Å². The number of hydrogen-bond acceptors (Lipinski definition) is 0. The van der Waals surface area contributed by atoms with E-state index in [0.29, 0.717) is 0 Å². The smallest absolute Gasteiger partial charge is 0.0190 e. The monoisotopic (exact) mass is 304 g/mol. The lowest BCUT2D eigenvalue weighted by atomic mass is 10.0. The minimum atomic E-state index is 1.06. The van der Waals surface area contributed by atoms with Crippen molar-refractivity contribution in [1.29, 1.82) is 0 Å². The minimum absolute atomic E-state index is 1.06. The predicted octanol–water partition coefficient (Wildman–Crippen LogP) is 6.84. The van der Waals surface area contributed by atoms with E-state index in [2.05, 4.69) is 81.1 Å². The summed E-state index contributed by atoms with van der Waals surface area (Å²) in [5.74, 6) is 0. The molecule has 0 aromatic heterocycles. The zero-order valence-electron chi connectivity index (χ0n) is 14.5. The minimum Gasteiger partial charge on any atom is -0.0912 e. The molecular weight excluding hydrogens is 276 g/mol. The van der Waals surface area contributed by atoms with E-state index in [9.17, 15) is 0 Å². The average Bonchev–Trinajstić information content (AvgIpc) is 2.58. The molecule has 0 fully saturated rings. The number of hydrogen-bond donors (Lipinski definition) is 0. The van der Waals surface area contributed by atoms with Crippen molar-refractivity contribution in [3.05, 3.63) is 83.4 Å². The fraction of sp³-hybridized carbons (Fsp3) is 0.304. The number of unbranched alkanes of at least 4 members (excludes halogenated alkanes) is 3. The van der Waals surface area contributed by atoms with Crippen LogP contribution in [-0.4, -0.2) is 0 Å². The molecule has 0 heterocycles. The second-order valence-electron chi connectivity index (χ2n) is 6.28. The molecule has 2 rings (SSSR count).